The number of hydrogen-bond acceptors (Lipinski definition) is 1. The van der Waals surface area contributed by atoms with Crippen molar-refractivity contribution in [3.05, 3.63) is 10.6 Å². The second-order valence-electron chi connectivity index (χ2n) is 1.47. The van der Waals surface area contributed by atoms with E-state index in [9.17, 15) is 4.79 Å². The smallest absolute Gasteiger partial charge is 0.217 e. The number of hydrogen-bond donors (Lipinski definition) is 1. The van der Waals surface area contributed by atoms with Gasteiger partial charge in [0.25, 0.3) is 0 Å². The van der Waals surface area contributed by atoms with Crippen LogP contribution in [0.1, 0.15) is 6.92 Å². The second-order valence-corrected chi connectivity index (χ2v) is 2.17. The predicted octanol–water partition coefficient (Wildman–Crippen LogP) is 1.44. The quantitative estimate of drug-likeness (QED) is 0.663. The molecule has 4 heteroatoms. The van der Waals surface area contributed by atoms with Gasteiger partial charge in [0, 0.05) is 17.5 Å². The lowest BCUT2D eigenvalue weighted by molar-refractivity contribution is -0.118. The molecule has 1 amide bonds. The first-order valence-electron chi connectivity index (χ1n) is 2.36. The Labute approximate surface area is 63.8 Å². The van der Waals surface area contributed by atoms with Crippen molar-refractivity contribution in [2.24, 2.45) is 0 Å². The van der Waals surface area contributed by atoms with E-state index in [0.717, 1.165) is 0 Å². The van der Waals surface area contributed by atoms with E-state index in [0.29, 0.717) is 11.6 Å². The summed E-state index contributed by atoms with van der Waals surface area (Å²) in [5.41, 5.74) is 1.22. The maximum absolute atomic E-state index is 10.2. The molecule has 0 radical (unpaired) electrons. The molecule has 0 rings (SSSR count). The largest absolute Gasteiger partial charge is 0.351 e. The predicted molar refractivity (Wildman–Crippen MR) is 38.5 cm³/mol. The highest BCUT2D eigenvalue weighted by Gasteiger charge is 1.91. The molecular formula is C5H7Cl2NO. The normalized spacial score (nSPS) is 11.2. The summed E-state index contributed by atoms with van der Waals surface area (Å²) >= 11 is 10.6. The summed E-state index contributed by atoms with van der Waals surface area (Å²) in [4.78, 5) is 10.2. The minimum atomic E-state index is -0.119. The van der Waals surface area contributed by atoms with Crippen LogP contribution in [0.25, 0.3) is 0 Å². The molecule has 0 aliphatic carbocycles. The summed E-state index contributed by atoms with van der Waals surface area (Å²) in [5.74, 6) is -0.119. The van der Waals surface area contributed by atoms with E-state index in [1.54, 1.807) is 0 Å². The fraction of sp³-hybridized carbons (Fsp3) is 0.400. The lowest BCUT2D eigenvalue weighted by Crippen LogP contribution is -2.20. The Morgan fingerprint density at radius 2 is 2.33 bits per heavy atom. The van der Waals surface area contributed by atoms with Crippen LogP contribution in [0, 0.1) is 0 Å². The Bertz CT molecular complexity index is 133. The Morgan fingerprint density at radius 1 is 1.78 bits per heavy atom. The summed E-state index contributed by atoms with van der Waals surface area (Å²) < 4.78 is 0. The molecule has 2 nitrogen and oxygen atoms in total. The van der Waals surface area contributed by atoms with Crippen LogP contribution in [-0.4, -0.2) is 12.5 Å². The summed E-state index contributed by atoms with van der Waals surface area (Å²) in [5, 5.41) is 2.90. The maximum atomic E-state index is 10.2. The Morgan fingerprint density at radius 3 is 2.67 bits per heavy atom. The standard InChI is InChI=1S/C5H7Cl2NO/c1-4(9)8-3-5(7)2-6/h2H,3H2,1H3,(H,8,9)/b5-2-. The van der Waals surface area contributed by atoms with E-state index in [2.05, 4.69) is 5.32 Å². The lowest BCUT2D eigenvalue weighted by Gasteiger charge is -1.96. The van der Waals surface area contributed by atoms with E-state index >= 15 is 0 Å². The fourth-order valence-electron chi connectivity index (χ4n) is 0.247. The van der Waals surface area contributed by atoms with Crippen LogP contribution in [0.5, 0.6) is 0 Å². The molecule has 0 heterocycles. The molecule has 0 spiro atoms. The van der Waals surface area contributed by atoms with E-state index in [-0.39, 0.29) is 5.91 Å². The molecule has 0 aliphatic heterocycles. The zero-order chi connectivity index (χ0) is 7.28. The van der Waals surface area contributed by atoms with Gasteiger partial charge in [0.15, 0.2) is 0 Å². The van der Waals surface area contributed by atoms with Gasteiger partial charge in [-0.2, -0.15) is 0 Å². The molecule has 0 fully saturated rings. The Hall–Kier alpha value is -0.210. The highest BCUT2D eigenvalue weighted by atomic mass is 35.5. The van der Waals surface area contributed by atoms with Gasteiger partial charge in [-0.3, -0.25) is 4.79 Å². The van der Waals surface area contributed by atoms with E-state index < -0.39 is 0 Å². The summed E-state index contributed by atoms with van der Waals surface area (Å²) in [6.07, 6.45) is 0. The summed E-state index contributed by atoms with van der Waals surface area (Å²) in [7, 11) is 0. The van der Waals surface area contributed by atoms with Crippen molar-refractivity contribution in [1.82, 2.24) is 5.32 Å². The molecule has 0 aromatic rings. The average Bonchev–Trinajstić information content (AvgIpc) is 1.83. The second kappa shape index (κ2) is 4.65. The van der Waals surface area contributed by atoms with Gasteiger partial charge in [-0.25, -0.2) is 0 Å². The third-order valence-corrected chi connectivity index (χ3v) is 1.24. The van der Waals surface area contributed by atoms with Crippen LogP contribution >= 0.6 is 23.2 Å². The van der Waals surface area contributed by atoms with E-state index in [4.69, 9.17) is 23.2 Å². The zero-order valence-electron chi connectivity index (χ0n) is 4.95. The van der Waals surface area contributed by atoms with Gasteiger partial charge >= 0.3 is 0 Å². The fourth-order valence-corrected chi connectivity index (χ4v) is 0.391. The van der Waals surface area contributed by atoms with Crippen molar-refractivity contribution in [2.75, 3.05) is 6.54 Å². The van der Waals surface area contributed by atoms with Crippen LogP contribution in [0.4, 0.5) is 0 Å². The summed E-state index contributed by atoms with van der Waals surface area (Å²) in [6, 6.07) is 0. The van der Waals surface area contributed by atoms with Gasteiger partial charge in [-0.15, -0.1) is 0 Å². The summed E-state index contributed by atoms with van der Waals surface area (Å²) in [6.45, 7) is 1.72. The highest BCUT2D eigenvalue weighted by molar-refractivity contribution is 6.36. The molecule has 1 N–H and O–H groups in total. The van der Waals surface area contributed by atoms with Gasteiger partial charge in [0.2, 0.25) is 5.91 Å². The maximum Gasteiger partial charge on any atom is 0.217 e. The van der Waals surface area contributed by atoms with Crippen LogP contribution in [0.2, 0.25) is 0 Å². The molecule has 0 unspecified atom stereocenters. The first-order valence-corrected chi connectivity index (χ1v) is 3.17. The molecule has 0 saturated carbocycles. The van der Waals surface area contributed by atoms with Gasteiger partial charge < -0.3 is 5.32 Å². The van der Waals surface area contributed by atoms with Crippen LogP contribution in [-0.2, 0) is 4.79 Å². The first-order chi connectivity index (χ1) is 4.16. The topological polar surface area (TPSA) is 29.1 Å². The monoisotopic (exact) mass is 167 g/mol. The van der Waals surface area contributed by atoms with Crippen LogP contribution in [0.3, 0.4) is 0 Å². The molecule has 0 aromatic heterocycles. The average molecular weight is 168 g/mol. The van der Waals surface area contributed by atoms with Crippen molar-refractivity contribution in [3.8, 4) is 0 Å². The highest BCUT2D eigenvalue weighted by Crippen LogP contribution is 1.99. The van der Waals surface area contributed by atoms with Crippen molar-refractivity contribution < 1.29 is 4.79 Å². The van der Waals surface area contributed by atoms with Gasteiger partial charge in [0.1, 0.15) is 0 Å². The SMILES string of the molecule is CC(=O)NC/C(Cl)=C/Cl. The van der Waals surface area contributed by atoms with E-state index in [1.807, 2.05) is 0 Å². The van der Waals surface area contributed by atoms with Crippen molar-refractivity contribution >= 4 is 29.1 Å². The van der Waals surface area contributed by atoms with Crippen molar-refractivity contribution in [3.63, 3.8) is 0 Å². The molecule has 52 valence electrons. The molecule has 0 aliphatic rings. The number of carbonyl (C=O) groups excluding carboxylic acids is 1. The third kappa shape index (κ3) is 5.66. The van der Waals surface area contributed by atoms with E-state index in [1.165, 1.54) is 12.5 Å². The number of carbonyl (C=O) groups is 1. The Balaban J connectivity index is 3.39. The molecule has 0 bridgehead atoms. The Kier molecular flexibility index (Phi) is 4.54. The van der Waals surface area contributed by atoms with Gasteiger partial charge in [0.05, 0.1) is 6.54 Å². The third-order valence-electron chi connectivity index (χ3n) is 0.625. The van der Waals surface area contributed by atoms with Crippen molar-refractivity contribution in [1.29, 1.82) is 0 Å². The number of nitrogens with one attached hydrogen (secondary N) is 1. The van der Waals surface area contributed by atoms with Gasteiger partial charge in [-0.05, 0) is 0 Å². The number of rotatable bonds is 2. The molecule has 0 saturated heterocycles. The number of halogens is 2. The molecule has 0 atom stereocenters. The molecule has 9 heavy (non-hydrogen) atoms. The molecule has 0 aromatic carbocycles. The minimum absolute atomic E-state index is 0.119. The first kappa shape index (κ1) is 8.79. The number of amides is 1. The minimum Gasteiger partial charge on any atom is -0.351 e. The van der Waals surface area contributed by atoms with Crippen LogP contribution < -0.4 is 5.32 Å². The van der Waals surface area contributed by atoms with Gasteiger partial charge in [-0.1, -0.05) is 23.2 Å². The van der Waals surface area contributed by atoms with Crippen LogP contribution in [0.15, 0.2) is 10.6 Å². The zero-order valence-corrected chi connectivity index (χ0v) is 6.46. The lowest BCUT2D eigenvalue weighted by atomic mass is 10.6. The van der Waals surface area contributed by atoms with Crippen molar-refractivity contribution in [2.45, 2.75) is 6.92 Å². The molecular weight excluding hydrogens is 161 g/mol.